The van der Waals surface area contributed by atoms with Gasteiger partial charge in [-0.1, -0.05) is 0 Å². The minimum atomic E-state index is -3.81. The first kappa shape index (κ1) is 12.7. The van der Waals surface area contributed by atoms with E-state index in [2.05, 4.69) is 35.6 Å². The maximum Gasteiger partial charge on any atom is 0.265 e. The second kappa shape index (κ2) is 4.86. The summed E-state index contributed by atoms with van der Waals surface area (Å²) in [5.74, 6) is -0.0810. The lowest BCUT2D eigenvalue weighted by Gasteiger charge is -2.08. The molecule has 0 aliphatic rings. The van der Waals surface area contributed by atoms with E-state index in [4.69, 9.17) is 5.73 Å². The van der Waals surface area contributed by atoms with Gasteiger partial charge in [0.2, 0.25) is 0 Å². The Balaban J connectivity index is 2.40. The van der Waals surface area contributed by atoms with Gasteiger partial charge in [-0.15, -0.1) is 0 Å². The lowest BCUT2D eigenvalue weighted by atomic mass is 10.5. The van der Waals surface area contributed by atoms with E-state index in [-0.39, 0.29) is 16.4 Å². The maximum absolute atomic E-state index is 12.1. The summed E-state index contributed by atoms with van der Waals surface area (Å²) < 4.78 is 27.0. The van der Waals surface area contributed by atoms with Gasteiger partial charge in [0.05, 0.1) is 18.1 Å². The van der Waals surface area contributed by atoms with Crippen LogP contribution in [0.4, 0.5) is 11.5 Å². The summed E-state index contributed by atoms with van der Waals surface area (Å²) >= 11 is 3.14. The van der Waals surface area contributed by atoms with Gasteiger partial charge in [0.25, 0.3) is 10.0 Å². The zero-order valence-electron chi connectivity index (χ0n) is 8.91. The summed E-state index contributed by atoms with van der Waals surface area (Å²) in [6.45, 7) is 0. The van der Waals surface area contributed by atoms with Gasteiger partial charge < -0.3 is 5.73 Å². The van der Waals surface area contributed by atoms with E-state index >= 15 is 0 Å². The van der Waals surface area contributed by atoms with Gasteiger partial charge in [0.15, 0.2) is 0 Å². The Morgan fingerprint density at radius 1 is 1.22 bits per heavy atom. The SMILES string of the molecule is Nc1ncc(Br)cc1S(=O)(=O)Nc1cncnc1. The molecule has 18 heavy (non-hydrogen) atoms. The van der Waals surface area contributed by atoms with Crippen molar-refractivity contribution >= 4 is 37.5 Å². The Hall–Kier alpha value is -1.74. The minimum absolute atomic E-state index is 0.0810. The third-order valence-electron chi connectivity index (χ3n) is 1.95. The quantitative estimate of drug-likeness (QED) is 0.869. The number of pyridine rings is 1. The minimum Gasteiger partial charge on any atom is -0.383 e. The van der Waals surface area contributed by atoms with Crippen molar-refractivity contribution in [2.45, 2.75) is 4.90 Å². The summed E-state index contributed by atoms with van der Waals surface area (Å²) in [4.78, 5) is 11.1. The number of aromatic nitrogens is 3. The van der Waals surface area contributed by atoms with Crippen molar-refractivity contribution in [2.75, 3.05) is 10.5 Å². The fourth-order valence-electron chi connectivity index (χ4n) is 1.21. The molecule has 2 rings (SSSR count). The predicted molar refractivity (Wildman–Crippen MR) is 69.2 cm³/mol. The van der Waals surface area contributed by atoms with Crippen LogP contribution >= 0.6 is 15.9 Å². The fourth-order valence-corrected chi connectivity index (χ4v) is 2.83. The number of nitrogens with two attached hydrogens (primary N) is 1. The molecule has 0 bridgehead atoms. The Bertz CT molecular complexity index is 662. The number of hydrogen-bond acceptors (Lipinski definition) is 6. The number of rotatable bonds is 3. The standard InChI is InChI=1S/C9H8BrN5O2S/c10-6-1-8(9(11)14-2-6)18(16,17)15-7-3-12-5-13-4-7/h1-5,15H,(H2,11,14). The molecule has 2 aromatic rings. The number of halogens is 1. The average molecular weight is 330 g/mol. The van der Waals surface area contributed by atoms with Crippen molar-refractivity contribution in [3.8, 4) is 0 Å². The van der Waals surface area contributed by atoms with Crippen LogP contribution in [0.25, 0.3) is 0 Å². The van der Waals surface area contributed by atoms with Crippen LogP contribution in [0, 0.1) is 0 Å². The summed E-state index contributed by atoms with van der Waals surface area (Å²) in [5.41, 5.74) is 5.79. The van der Waals surface area contributed by atoms with Crippen LogP contribution in [0.1, 0.15) is 0 Å². The van der Waals surface area contributed by atoms with Crippen molar-refractivity contribution in [2.24, 2.45) is 0 Å². The van der Waals surface area contributed by atoms with Crippen LogP contribution in [-0.2, 0) is 10.0 Å². The van der Waals surface area contributed by atoms with Gasteiger partial charge in [-0.05, 0) is 22.0 Å². The normalized spacial score (nSPS) is 11.2. The highest BCUT2D eigenvalue weighted by Gasteiger charge is 2.19. The molecule has 0 fully saturated rings. The maximum atomic E-state index is 12.1. The highest BCUT2D eigenvalue weighted by atomic mass is 79.9. The van der Waals surface area contributed by atoms with Gasteiger partial charge in [0.1, 0.15) is 17.0 Å². The molecule has 2 aromatic heterocycles. The molecule has 0 aromatic carbocycles. The van der Waals surface area contributed by atoms with Crippen LogP contribution in [0.3, 0.4) is 0 Å². The van der Waals surface area contributed by atoms with E-state index in [1.807, 2.05) is 0 Å². The van der Waals surface area contributed by atoms with Crippen LogP contribution in [-0.4, -0.2) is 23.4 Å². The molecule has 0 aliphatic heterocycles. The molecular weight excluding hydrogens is 322 g/mol. The van der Waals surface area contributed by atoms with Crippen LogP contribution in [0.15, 0.2) is 40.4 Å². The number of nitrogens with one attached hydrogen (secondary N) is 1. The fraction of sp³-hybridized carbons (Fsp3) is 0. The largest absolute Gasteiger partial charge is 0.383 e. The van der Waals surface area contributed by atoms with E-state index in [9.17, 15) is 8.42 Å². The van der Waals surface area contributed by atoms with Crippen LogP contribution in [0.2, 0.25) is 0 Å². The molecule has 0 atom stereocenters. The van der Waals surface area contributed by atoms with Gasteiger partial charge in [-0.25, -0.2) is 23.4 Å². The van der Waals surface area contributed by atoms with Crippen molar-refractivity contribution in [3.05, 3.63) is 35.5 Å². The highest BCUT2D eigenvalue weighted by molar-refractivity contribution is 9.10. The first-order chi connectivity index (χ1) is 8.49. The Morgan fingerprint density at radius 3 is 2.56 bits per heavy atom. The van der Waals surface area contributed by atoms with E-state index in [0.29, 0.717) is 4.47 Å². The molecule has 7 nitrogen and oxygen atoms in total. The van der Waals surface area contributed by atoms with E-state index in [1.54, 1.807) is 0 Å². The second-order valence-corrected chi connectivity index (χ2v) is 5.84. The number of hydrogen-bond donors (Lipinski definition) is 2. The summed E-state index contributed by atoms with van der Waals surface area (Å²) in [6.07, 6.45) is 5.39. The van der Waals surface area contributed by atoms with Crippen LogP contribution in [0.5, 0.6) is 0 Å². The average Bonchev–Trinajstić information content (AvgIpc) is 2.33. The van der Waals surface area contributed by atoms with Gasteiger partial charge in [0, 0.05) is 10.7 Å². The molecule has 9 heteroatoms. The molecule has 94 valence electrons. The molecule has 2 heterocycles. The van der Waals surface area contributed by atoms with E-state index in [0.717, 1.165) is 0 Å². The smallest absolute Gasteiger partial charge is 0.265 e. The van der Waals surface area contributed by atoms with Crippen molar-refractivity contribution in [3.63, 3.8) is 0 Å². The molecule has 0 saturated carbocycles. The molecule has 0 radical (unpaired) electrons. The van der Waals surface area contributed by atoms with Gasteiger partial charge >= 0.3 is 0 Å². The number of anilines is 2. The second-order valence-electron chi connectivity index (χ2n) is 3.27. The zero-order valence-corrected chi connectivity index (χ0v) is 11.3. The molecule has 0 spiro atoms. The Labute approximate surface area is 112 Å². The van der Waals surface area contributed by atoms with Gasteiger partial charge in [-0.3, -0.25) is 4.72 Å². The molecule has 0 saturated heterocycles. The van der Waals surface area contributed by atoms with E-state index < -0.39 is 10.0 Å². The van der Waals surface area contributed by atoms with Crippen molar-refractivity contribution in [1.29, 1.82) is 0 Å². The summed E-state index contributed by atoms with van der Waals surface area (Å²) in [6, 6.07) is 1.37. The Morgan fingerprint density at radius 2 is 1.89 bits per heavy atom. The zero-order chi connectivity index (χ0) is 13.2. The number of nitrogen functional groups attached to an aromatic ring is 1. The highest BCUT2D eigenvalue weighted by Crippen LogP contribution is 2.22. The lowest BCUT2D eigenvalue weighted by molar-refractivity contribution is 0.601. The van der Waals surface area contributed by atoms with Gasteiger partial charge in [-0.2, -0.15) is 0 Å². The number of nitrogens with zero attached hydrogens (tertiary/aromatic N) is 3. The monoisotopic (exact) mass is 329 g/mol. The first-order valence-electron chi connectivity index (χ1n) is 4.68. The summed E-state index contributed by atoms with van der Waals surface area (Å²) in [5, 5.41) is 0. The third kappa shape index (κ3) is 2.74. The lowest BCUT2D eigenvalue weighted by Crippen LogP contribution is -2.15. The third-order valence-corrected chi connectivity index (χ3v) is 3.79. The Kier molecular flexibility index (Phi) is 3.43. The topological polar surface area (TPSA) is 111 Å². The van der Waals surface area contributed by atoms with Crippen molar-refractivity contribution in [1.82, 2.24) is 15.0 Å². The predicted octanol–water partition coefficient (Wildman–Crippen LogP) is 1.02. The van der Waals surface area contributed by atoms with Crippen LogP contribution < -0.4 is 10.5 Å². The number of sulfonamides is 1. The molecule has 0 amide bonds. The molecular formula is C9H8BrN5O2S. The van der Waals surface area contributed by atoms with Crippen molar-refractivity contribution < 1.29 is 8.42 Å². The molecule has 3 N–H and O–H groups in total. The first-order valence-corrected chi connectivity index (χ1v) is 6.95. The van der Waals surface area contributed by atoms with E-state index in [1.165, 1.54) is 31.0 Å². The summed E-state index contributed by atoms with van der Waals surface area (Å²) in [7, 11) is -3.81. The molecule has 0 aliphatic carbocycles. The molecule has 0 unspecified atom stereocenters.